The number of carbonyl (C=O) groups is 2. The highest BCUT2D eigenvalue weighted by Crippen LogP contribution is 1.96. The average molecular weight is 152 g/mol. The van der Waals surface area contributed by atoms with Crippen molar-refractivity contribution in [1.29, 1.82) is 0 Å². The van der Waals surface area contributed by atoms with Gasteiger partial charge in [-0.15, -0.1) is 0 Å². The predicted octanol–water partition coefficient (Wildman–Crippen LogP) is 1.67. The van der Waals surface area contributed by atoms with Crippen molar-refractivity contribution in [2.75, 3.05) is 0 Å². The summed E-state index contributed by atoms with van der Waals surface area (Å²) in [6, 6.07) is 0. The third-order valence-corrected chi connectivity index (χ3v) is 1.17. The van der Waals surface area contributed by atoms with Gasteiger partial charge < -0.3 is 0 Å². The van der Waals surface area contributed by atoms with Gasteiger partial charge in [-0.05, 0) is 31.4 Å². The van der Waals surface area contributed by atoms with E-state index in [-0.39, 0.29) is 0 Å². The zero-order valence-electron chi connectivity index (χ0n) is 6.40. The van der Waals surface area contributed by atoms with Crippen molar-refractivity contribution in [3.05, 3.63) is 24.3 Å². The molecule has 0 N–H and O–H groups in total. The SMILES string of the molecule is O=CC=CCCCC=CC=O. The minimum absolute atomic E-state index is 0.765. The standard InChI is InChI=1S/C9H12O2/c10-8-6-4-2-1-3-5-7-9-11/h4-9H,1-3H2. The van der Waals surface area contributed by atoms with Crippen LogP contribution in [0, 0.1) is 0 Å². The molecule has 0 aromatic rings. The first-order chi connectivity index (χ1) is 5.41. The molecule has 0 aliphatic rings. The summed E-state index contributed by atoms with van der Waals surface area (Å²) in [4.78, 5) is 19.6. The van der Waals surface area contributed by atoms with E-state index in [0.29, 0.717) is 0 Å². The molecule has 0 saturated heterocycles. The summed E-state index contributed by atoms with van der Waals surface area (Å²) in [5.74, 6) is 0. The fraction of sp³-hybridized carbons (Fsp3) is 0.333. The molecule has 0 saturated carbocycles. The first kappa shape index (κ1) is 9.82. The predicted molar refractivity (Wildman–Crippen MR) is 44.3 cm³/mol. The van der Waals surface area contributed by atoms with Crippen LogP contribution in [0.15, 0.2) is 24.3 Å². The molecule has 60 valence electrons. The van der Waals surface area contributed by atoms with Crippen molar-refractivity contribution in [3.63, 3.8) is 0 Å². The first-order valence-electron chi connectivity index (χ1n) is 3.62. The van der Waals surface area contributed by atoms with Crippen molar-refractivity contribution < 1.29 is 9.59 Å². The quantitative estimate of drug-likeness (QED) is 0.329. The minimum Gasteiger partial charge on any atom is -0.299 e. The normalized spacial score (nSPS) is 10.9. The summed E-state index contributed by atoms with van der Waals surface area (Å²) >= 11 is 0. The zero-order valence-corrected chi connectivity index (χ0v) is 6.40. The monoisotopic (exact) mass is 152 g/mol. The molecule has 0 amide bonds. The Bertz CT molecular complexity index is 139. The summed E-state index contributed by atoms with van der Waals surface area (Å²) < 4.78 is 0. The molecular weight excluding hydrogens is 140 g/mol. The number of unbranched alkanes of at least 4 members (excludes halogenated alkanes) is 2. The highest BCUT2D eigenvalue weighted by atomic mass is 16.1. The number of carbonyl (C=O) groups excluding carboxylic acids is 2. The van der Waals surface area contributed by atoms with Crippen LogP contribution in [0.1, 0.15) is 19.3 Å². The molecule has 2 heteroatoms. The van der Waals surface area contributed by atoms with Gasteiger partial charge in [-0.2, -0.15) is 0 Å². The van der Waals surface area contributed by atoms with E-state index >= 15 is 0 Å². The first-order valence-corrected chi connectivity index (χ1v) is 3.62. The van der Waals surface area contributed by atoms with Crippen LogP contribution >= 0.6 is 0 Å². The number of allylic oxidation sites excluding steroid dienone is 4. The molecule has 0 unspecified atom stereocenters. The average Bonchev–Trinajstić information content (AvgIpc) is 2.03. The van der Waals surface area contributed by atoms with Crippen LogP contribution in [0.2, 0.25) is 0 Å². The lowest BCUT2D eigenvalue weighted by molar-refractivity contribution is -0.104. The van der Waals surface area contributed by atoms with E-state index in [2.05, 4.69) is 0 Å². The van der Waals surface area contributed by atoms with E-state index in [9.17, 15) is 9.59 Å². The molecule has 0 aliphatic carbocycles. The van der Waals surface area contributed by atoms with E-state index in [1.807, 2.05) is 12.2 Å². The van der Waals surface area contributed by atoms with E-state index in [1.54, 1.807) is 0 Å². The maximum absolute atomic E-state index is 9.79. The second kappa shape index (κ2) is 8.82. The van der Waals surface area contributed by atoms with Crippen LogP contribution in [-0.2, 0) is 9.59 Å². The summed E-state index contributed by atoms with van der Waals surface area (Å²) in [5.41, 5.74) is 0. The molecule has 0 aromatic carbocycles. The van der Waals surface area contributed by atoms with Crippen molar-refractivity contribution in [2.45, 2.75) is 19.3 Å². The molecule has 0 radical (unpaired) electrons. The lowest BCUT2D eigenvalue weighted by Crippen LogP contribution is -1.70. The third-order valence-electron chi connectivity index (χ3n) is 1.17. The maximum atomic E-state index is 9.79. The summed E-state index contributed by atoms with van der Waals surface area (Å²) in [7, 11) is 0. The largest absolute Gasteiger partial charge is 0.299 e. The molecule has 0 aromatic heterocycles. The molecule has 0 aliphatic heterocycles. The Balaban J connectivity index is 3.14. The van der Waals surface area contributed by atoms with Gasteiger partial charge >= 0.3 is 0 Å². The Morgan fingerprint density at radius 1 is 0.818 bits per heavy atom. The Hall–Kier alpha value is -1.18. The molecule has 0 rings (SSSR count). The van der Waals surface area contributed by atoms with Gasteiger partial charge in [0.25, 0.3) is 0 Å². The lowest BCUT2D eigenvalue weighted by atomic mass is 10.2. The van der Waals surface area contributed by atoms with E-state index in [1.165, 1.54) is 12.2 Å². The van der Waals surface area contributed by atoms with Crippen LogP contribution in [0.3, 0.4) is 0 Å². The van der Waals surface area contributed by atoms with Crippen LogP contribution in [0.4, 0.5) is 0 Å². The summed E-state index contributed by atoms with van der Waals surface area (Å²) in [5, 5.41) is 0. The molecule has 11 heavy (non-hydrogen) atoms. The van der Waals surface area contributed by atoms with Crippen LogP contribution < -0.4 is 0 Å². The highest BCUT2D eigenvalue weighted by Gasteiger charge is 1.78. The Morgan fingerprint density at radius 3 is 1.64 bits per heavy atom. The fourth-order valence-electron chi connectivity index (χ4n) is 0.657. The smallest absolute Gasteiger partial charge is 0.142 e. The van der Waals surface area contributed by atoms with Gasteiger partial charge in [0.15, 0.2) is 0 Å². The van der Waals surface area contributed by atoms with Gasteiger partial charge in [-0.3, -0.25) is 9.59 Å². The number of rotatable bonds is 6. The van der Waals surface area contributed by atoms with Crippen molar-refractivity contribution in [2.24, 2.45) is 0 Å². The van der Waals surface area contributed by atoms with Crippen LogP contribution in [-0.4, -0.2) is 12.6 Å². The highest BCUT2D eigenvalue weighted by molar-refractivity contribution is 5.64. The molecule has 0 atom stereocenters. The van der Waals surface area contributed by atoms with Crippen LogP contribution in [0.5, 0.6) is 0 Å². The number of aldehydes is 2. The van der Waals surface area contributed by atoms with Crippen molar-refractivity contribution in [3.8, 4) is 0 Å². The van der Waals surface area contributed by atoms with Crippen LogP contribution in [0.25, 0.3) is 0 Å². The summed E-state index contributed by atoms with van der Waals surface area (Å²) in [6.07, 6.45) is 10.9. The van der Waals surface area contributed by atoms with E-state index < -0.39 is 0 Å². The topological polar surface area (TPSA) is 34.1 Å². The Kier molecular flexibility index (Phi) is 7.87. The minimum atomic E-state index is 0.765. The Morgan fingerprint density at radius 2 is 1.27 bits per heavy atom. The molecule has 0 bridgehead atoms. The lowest BCUT2D eigenvalue weighted by Gasteiger charge is -1.86. The van der Waals surface area contributed by atoms with E-state index in [0.717, 1.165) is 31.8 Å². The molecule has 0 spiro atoms. The molecule has 0 fully saturated rings. The molecule has 0 heterocycles. The van der Waals surface area contributed by atoms with Gasteiger partial charge in [0.2, 0.25) is 0 Å². The van der Waals surface area contributed by atoms with Crippen molar-refractivity contribution >= 4 is 12.6 Å². The maximum Gasteiger partial charge on any atom is 0.142 e. The second-order valence-corrected chi connectivity index (χ2v) is 2.06. The van der Waals surface area contributed by atoms with Gasteiger partial charge in [0, 0.05) is 0 Å². The Labute approximate surface area is 66.6 Å². The van der Waals surface area contributed by atoms with Crippen molar-refractivity contribution in [1.82, 2.24) is 0 Å². The van der Waals surface area contributed by atoms with Gasteiger partial charge in [-0.25, -0.2) is 0 Å². The van der Waals surface area contributed by atoms with Gasteiger partial charge in [0.05, 0.1) is 0 Å². The molecular formula is C9H12O2. The molecule has 2 nitrogen and oxygen atoms in total. The third kappa shape index (κ3) is 8.82. The second-order valence-electron chi connectivity index (χ2n) is 2.06. The summed E-state index contributed by atoms with van der Waals surface area (Å²) in [6.45, 7) is 0. The van der Waals surface area contributed by atoms with Gasteiger partial charge in [-0.1, -0.05) is 12.2 Å². The zero-order chi connectivity index (χ0) is 8.36. The number of hydrogen-bond acceptors (Lipinski definition) is 2. The fourth-order valence-corrected chi connectivity index (χ4v) is 0.657. The number of hydrogen-bond donors (Lipinski definition) is 0. The van der Waals surface area contributed by atoms with E-state index in [4.69, 9.17) is 0 Å². The van der Waals surface area contributed by atoms with Gasteiger partial charge in [0.1, 0.15) is 12.6 Å².